The summed E-state index contributed by atoms with van der Waals surface area (Å²) in [7, 11) is 0. The van der Waals surface area contributed by atoms with Gasteiger partial charge in [0.15, 0.2) is 5.58 Å². The highest BCUT2D eigenvalue weighted by Gasteiger charge is 2.41. The second-order valence-electron chi connectivity index (χ2n) is 17.1. The molecule has 7 aromatic carbocycles. The Kier molecular flexibility index (Phi) is 9.59. The van der Waals surface area contributed by atoms with Gasteiger partial charge in [0.05, 0.1) is 5.69 Å². The molecule has 0 aliphatic heterocycles. The van der Waals surface area contributed by atoms with Crippen LogP contribution < -0.4 is 4.90 Å². The summed E-state index contributed by atoms with van der Waals surface area (Å²) in [6, 6.07) is 50.2. The lowest BCUT2D eigenvalue weighted by atomic mass is 9.67. The summed E-state index contributed by atoms with van der Waals surface area (Å²) in [4.78, 5) is 2.41. The molecule has 0 radical (unpaired) electrons. The van der Waals surface area contributed by atoms with Crippen molar-refractivity contribution in [3.05, 3.63) is 161 Å². The van der Waals surface area contributed by atoms with E-state index in [1.165, 1.54) is 104 Å². The molecule has 0 N–H and O–H groups in total. The summed E-state index contributed by atoms with van der Waals surface area (Å²) in [5.41, 5.74) is 17.4. The van der Waals surface area contributed by atoms with E-state index in [1.807, 2.05) is 27.7 Å². The first kappa shape index (κ1) is 37.9. The largest absolute Gasteiger partial charge is 0.454 e. The second kappa shape index (κ2) is 14.7. The van der Waals surface area contributed by atoms with Gasteiger partial charge in [0.1, 0.15) is 5.58 Å². The molecule has 2 nitrogen and oxygen atoms in total. The molecule has 1 aromatic heterocycles. The van der Waals surface area contributed by atoms with Crippen LogP contribution in [-0.2, 0) is 10.8 Å². The predicted molar refractivity (Wildman–Crippen MR) is 250 cm³/mol. The lowest BCUT2D eigenvalue weighted by Crippen LogP contribution is -2.24. The van der Waals surface area contributed by atoms with Gasteiger partial charge in [0.2, 0.25) is 0 Å². The number of anilines is 3. The smallest absolute Gasteiger partial charge is 0.159 e. The normalized spacial score (nSPS) is 15.8. The van der Waals surface area contributed by atoms with E-state index in [0.717, 1.165) is 28.2 Å². The Balaban J connectivity index is 0.00000106. The van der Waals surface area contributed by atoms with Gasteiger partial charge >= 0.3 is 0 Å². The number of hydrogen-bond donors (Lipinski definition) is 0. The molecule has 58 heavy (non-hydrogen) atoms. The molecule has 2 heteroatoms. The summed E-state index contributed by atoms with van der Waals surface area (Å²) in [6.07, 6.45) is 6.44. The SMILES string of the molecule is CC.CC.CC1(C)c2cc(N(c3ccccc3)c3cccc4c3oc3c(C5CCCCC5)cccc34)ccc2-c2cc3c(cc21)-c1cccc2cccc(c12)C3(C)C. The maximum absolute atomic E-state index is 7.06. The molecule has 3 aliphatic carbocycles. The molecule has 292 valence electrons. The van der Waals surface area contributed by atoms with Crippen molar-refractivity contribution < 1.29 is 4.42 Å². The van der Waals surface area contributed by atoms with Crippen molar-refractivity contribution in [2.45, 2.75) is 104 Å². The maximum atomic E-state index is 7.06. The van der Waals surface area contributed by atoms with Crippen LogP contribution in [0.3, 0.4) is 0 Å². The highest BCUT2D eigenvalue weighted by molar-refractivity contribution is 6.11. The third-order valence-electron chi connectivity index (χ3n) is 13.4. The zero-order valence-electron chi connectivity index (χ0n) is 35.7. The summed E-state index contributed by atoms with van der Waals surface area (Å²) >= 11 is 0. The zero-order valence-corrected chi connectivity index (χ0v) is 35.7. The van der Waals surface area contributed by atoms with Crippen molar-refractivity contribution in [1.29, 1.82) is 0 Å². The number of benzene rings is 7. The summed E-state index contributed by atoms with van der Waals surface area (Å²) < 4.78 is 7.06. The van der Waals surface area contributed by atoms with Crippen LogP contribution in [0.5, 0.6) is 0 Å². The number of fused-ring (bicyclic) bond motifs is 8. The Morgan fingerprint density at radius 1 is 0.483 bits per heavy atom. The molecular formula is C56H57NO. The van der Waals surface area contributed by atoms with Gasteiger partial charge in [-0.05, 0) is 122 Å². The summed E-state index contributed by atoms with van der Waals surface area (Å²) in [5.74, 6) is 0.565. The molecule has 1 heterocycles. The van der Waals surface area contributed by atoms with E-state index in [0.29, 0.717) is 5.92 Å². The molecular weight excluding hydrogens is 703 g/mol. The van der Waals surface area contributed by atoms with Crippen molar-refractivity contribution >= 4 is 49.8 Å². The zero-order chi connectivity index (χ0) is 40.3. The minimum absolute atomic E-state index is 0.114. The number of para-hydroxylation sites is 3. The molecule has 1 fully saturated rings. The van der Waals surface area contributed by atoms with Gasteiger partial charge in [-0.2, -0.15) is 0 Å². The highest BCUT2D eigenvalue weighted by atomic mass is 16.3. The van der Waals surface area contributed by atoms with Crippen LogP contribution in [0.25, 0.3) is 55.0 Å². The number of hydrogen-bond acceptors (Lipinski definition) is 2. The van der Waals surface area contributed by atoms with Gasteiger partial charge in [-0.15, -0.1) is 0 Å². The Bertz CT molecular complexity index is 2810. The monoisotopic (exact) mass is 759 g/mol. The van der Waals surface area contributed by atoms with Gasteiger partial charge < -0.3 is 9.32 Å². The van der Waals surface area contributed by atoms with Crippen LogP contribution in [0.2, 0.25) is 0 Å². The first-order valence-electron chi connectivity index (χ1n) is 22.0. The predicted octanol–water partition coefficient (Wildman–Crippen LogP) is 16.9. The molecule has 0 amide bonds. The van der Waals surface area contributed by atoms with E-state index in [2.05, 4.69) is 166 Å². The Labute approximate surface area is 345 Å². The lowest BCUT2D eigenvalue weighted by molar-refractivity contribution is 0.442. The number of rotatable bonds is 4. The molecule has 3 aliphatic rings. The summed E-state index contributed by atoms with van der Waals surface area (Å²) in [5, 5.41) is 5.12. The highest BCUT2D eigenvalue weighted by Crippen LogP contribution is 2.57. The number of furan rings is 1. The fraction of sp³-hybridized carbons (Fsp3) is 0.286. The van der Waals surface area contributed by atoms with Gasteiger partial charge in [-0.25, -0.2) is 0 Å². The van der Waals surface area contributed by atoms with Crippen molar-refractivity contribution in [2.24, 2.45) is 0 Å². The maximum Gasteiger partial charge on any atom is 0.159 e. The van der Waals surface area contributed by atoms with Gasteiger partial charge in [-0.1, -0.05) is 166 Å². The van der Waals surface area contributed by atoms with Crippen molar-refractivity contribution in [3.63, 3.8) is 0 Å². The molecule has 8 aromatic rings. The van der Waals surface area contributed by atoms with E-state index in [9.17, 15) is 0 Å². The minimum Gasteiger partial charge on any atom is -0.454 e. The van der Waals surface area contributed by atoms with Crippen LogP contribution >= 0.6 is 0 Å². The van der Waals surface area contributed by atoms with E-state index < -0.39 is 0 Å². The van der Waals surface area contributed by atoms with Crippen LogP contribution in [0.4, 0.5) is 17.1 Å². The quantitative estimate of drug-likeness (QED) is 0.178. The van der Waals surface area contributed by atoms with Gasteiger partial charge in [0, 0.05) is 33.0 Å². The average molecular weight is 760 g/mol. The second-order valence-corrected chi connectivity index (χ2v) is 17.1. The topological polar surface area (TPSA) is 16.4 Å². The fourth-order valence-corrected chi connectivity index (χ4v) is 10.6. The Morgan fingerprint density at radius 2 is 1.09 bits per heavy atom. The third kappa shape index (κ3) is 5.66. The average Bonchev–Trinajstić information content (AvgIpc) is 3.77. The molecule has 0 atom stereocenters. The molecule has 0 bridgehead atoms. The van der Waals surface area contributed by atoms with E-state index in [-0.39, 0.29) is 10.8 Å². The third-order valence-corrected chi connectivity index (χ3v) is 13.4. The molecule has 0 unspecified atom stereocenters. The van der Waals surface area contributed by atoms with Crippen molar-refractivity contribution in [3.8, 4) is 22.3 Å². The fourth-order valence-electron chi connectivity index (χ4n) is 10.6. The van der Waals surface area contributed by atoms with Gasteiger partial charge in [-0.3, -0.25) is 0 Å². The molecule has 1 saturated carbocycles. The van der Waals surface area contributed by atoms with Crippen molar-refractivity contribution in [1.82, 2.24) is 0 Å². The van der Waals surface area contributed by atoms with Crippen molar-refractivity contribution in [2.75, 3.05) is 4.90 Å². The Morgan fingerprint density at radius 3 is 1.81 bits per heavy atom. The van der Waals surface area contributed by atoms with Crippen LogP contribution in [-0.4, -0.2) is 0 Å². The minimum atomic E-state index is -0.187. The number of nitrogens with zero attached hydrogens (tertiary/aromatic N) is 1. The van der Waals surface area contributed by atoms with E-state index in [1.54, 1.807) is 0 Å². The standard InChI is InChI=1S/C52H45NO.2C2H6/c1-51(2)43-25-12-18-33-17-11-22-38(48(33)43)42-31-45-41(30-46(42)51)37-28-27-35(29-44(37)52(45,3)4)53(34-19-9-6-10-20-34)47-26-14-24-40-39-23-13-21-36(49(39)54-50(40)47)32-15-7-5-8-16-32;2*1-2/h6,9-14,17-32H,5,7-8,15-16H2,1-4H3;2*1-2H3. The first-order valence-corrected chi connectivity index (χ1v) is 22.0. The van der Waals surface area contributed by atoms with E-state index in [4.69, 9.17) is 4.42 Å². The van der Waals surface area contributed by atoms with Crippen LogP contribution in [0.1, 0.15) is 121 Å². The lowest BCUT2D eigenvalue weighted by Gasteiger charge is -2.36. The molecule has 0 saturated heterocycles. The first-order chi connectivity index (χ1) is 28.3. The van der Waals surface area contributed by atoms with Crippen LogP contribution in [0, 0.1) is 0 Å². The molecule has 0 spiro atoms. The van der Waals surface area contributed by atoms with Gasteiger partial charge in [0.25, 0.3) is 0 Å². The summed E-state index contributed by atoms with van der Waals surface area (Å²) in [6.45, 7) is 17.6. The van der Waals surface area contributed by atoms with Crippen LogP contribution in [0.15, 0.2) is 138 Å². The Hall–Kier alpha value is -5.60. The van der Waals surface area contributed by atoms with E-state index >= 15 is 0 Å². The molecule has 11 rings (SSSR count).